The number of thiazole rings is 1. The van der Waals surface area contributed by atoms with Gasteiger partial charge >= 0.3 is 0 Å². The van der Waals surface area contributed by atoms with Gasteiger partial charge in [-0.3, -0.25) is 4.98 Å². The first-order chi connectivity index (χ1) is 6.95. The van der Waals surface area contributed by atoms with Crippen molar-refractivity contribution in [3.63, 3.8) is 0 Å². The number of hydrogen-bond acceptors (Lipinski definition) is 3. The van der Waals surface area contributed by atoms with Gasteiger partial charge in [-0.25, -0.2) is 0 Å². The molecule has 0 unspecified atom stereocenters. The molecule has 1 fully saturated rings. The summed E-state index contributed by atoms with van der Waals surface area (Å²) in [5.41, 5.74) is 1.89. The Balaban J connectivity index is 1.53. The molecule has 1 heterocycles. The molecule has 3 heteroatoms. The van der Waals surface area contributed by atoms with Gasteiger partial charge in [0.15, 0.2) is 0 Å². The Labute approximate surface area is 89.1 Å². The van der Waals surface area contributed by atoms with E-state index in [0.29, 0.717) is 0 Å². The molecule has 1 N–H and O–H groups in total. The number of nitrogens with one attached hydrogen (secondary N) is 1. The molecule has 1 aliphatic rings. The molecule has 0 spiro atoms. The molecule has 0 atom stereocenters. The Kier molecular flexibility index (Phi) is 3.72. The van der Waals surface area contributed by atoms with Crippen LogP contribution in [0, 0.1) is 0 Å². The van der Waals surface area contributed by atoms with E-state index in [1.54, 1.807) is 11.3 Å². The van der Waals surface area contributed by atoms with E-state index in [1.165, 1.54) is 17.7 Å². The van der Waals surface area contributed by atoms with E-state index < -0.39 is 0 Å². The van der Waals surface area contributed by atoms with Crippen LogP contribution in [0.3, 0.4) is 0 Å². The van der Waals surface area contributed by atoms with Crippen LogP contribution < -0.4 is 5.32 Å². The summed E-state index contributed by atoms with van der Waals surface area (Å²) in [6, 6.07) is 0.838. The molecule has 2 nitrogen and oxygen atoms in total. The molecule has 1 aromatic heterocycles. The first-order valence-corrected chi connectivity index (χ1v) is 6.09. The molecule has 0 aliphatic heterocycles. The number of rotatable bonds is 6. The third-order valence-electron chi connectivity index (χ3n) is 2.29. The van der Waals surface area contributed by atoms with E-state index in [2.05, 4.69) is 22.5 Å². The van der Waals surface area contributed by atoms with Crippen LogP contribution in [-0.4, -0.2) is 17.6 Å². The van der Waals surface area contributed by atoms with Gasteiger partial charge in [-0.2, -0.15) is 0 Å². The van der Waals surface area contributed by atoms with Crippen molar-refractivity contribution < 1.29 is 0 Å². The lowest BCUT2D eigenvalue weighted by atomic mass is 10.3. The molecule has 0 saturated heterocycles. The fourth-order valence-corrected chi connectivity index (χ4v) is 1.89. The second-order valence-corrected chi connectivity index (χ2v) is 4.63. The highest BCUT2D eigenvalue weighted by atomic mass is 32.1. The fraction of sp³-hybridized carbons (Fsp3) is 0.545. The van der Waals surface area contributed by atoms with Crippen LogP contribution in [0.2, 0.25) is 0 Å². The van der Waals surface area contributed by atoms with Gasteiger partial charge in [-0.15, -0.1) is 11.3 Å². The Morgan fingerprint density at radius 3 is 3.14 bits per heavy atom. The minimum atomic E-state index is 0.838. The van der Waals surface area contributed by atoms with Gasteiger partial charge in [0.05, 0.1) is 5.51 Å². The van der Waals surface area contributed by atoms with Crippen molar-refractivity contribution >= 4 is 11.3 Å². The number of nitrogens with zero attached hydrogens (tertiary/aromatic N) is 1. The highest BCUT2D eigenvalue weighted by Crippen LogP contribution is 2.18. The summed E-state index contributed by atoms with van der Waals surface area (Å²) in [5.74, 6) is 0. The fourth-order valence-electron chi connectivity index (χ4n) is 1.32. The van der Waals surface area contributed by atoms with Crippen molar-refractivity contribution in [2.24, 2.45) is 0 Å². The average Bonchev–Trinajstić information content (AvgIpc) is 2.87. The molecule has 1 saturated carbocycles. The molecule has 0 amide bonds. The number of aromatic nitrogens is 1. The van der Waals surface area contributed by atoms with Crippen molar-refractivity contribution in [2.45, 2.75) is 31.7 Å². The SMILES string of the molecule is C(=C\Cc1cncs1)/CCNC1CC1. The zero-order chi connectivity index (χ0) is 9.64. The molecule has 1 aromatic rings. The number of hydrogen-bond donors (Lipinski definition) is 1. The minimum Gasteiger partial charge on any atom is -0.314 e. The lowest BCUT2D eigenvalue weighted by molar-refractivity contribution is 0.690. The Hall–Kier alpha value is -0.670. The van der Waals surface area contributed by atoms with Crippen molar-refractivity contribution in [3.8, 4) is 0 Å². The summed E-state index contributed by atoms with van der Waals surface area (Å²) in [4.78, 5) is 5.38. The second kappa shape index (κ2) is 5.27. The Bertz CT molecular complexity index is 275. The van der Waals surface area contributed by atoms with Gasteiger partial charge in [0.25, 0.3) is 0 Å². The molecule has 2 rings (SSSR count). The molecule has 0 bridgehead atoms. The van der Waals surface area contributed by atoms with E-state index in [9.17, 15) is 0 Å². The van der Waals surface area contributed by atoms with E-state index in [0.717, 1.165) is 25.4 Å². The predicted molar refractivity (Wildman–Crippen MR) is 60.6 cm³/mol. The quantitative estimate of drug-likeness (QED) is 0.573. The van der Waals surface area contributed by atoms with Crippen molar-refractivity contribution in [1.29, 1.82) is 0 Å². The van der Waals surface area contributed by atoms with E-state index in [-0.39, 0.29) is 0 Å². The molecule has 0 radical (unpaired) electrons. The summed E-state index contributed by atoms with van der Waals surface area (Å²) in [7, 11) is 0. The normalized spacial score (nSPS) is 16.6. The molecule has 1 aliphatic carbocycles. The van der Waals surface area contributed by atoms with E-state index in [4.69, 9.17) is 0 Å². The van der Waals surface area contributed by atoms with Crippen LogP contribution >= 0.6 is 11.3 Å². The summed E-state index contributed by atoms with van der Waals surface area (Å²) in [6.45, 7) is 1.13. The summed E-state index contributed by atoms with van der Waals surface area (Å²) in [6.07, 6.45) is 11.4. The third-order valence-corrected chi connectivity index (χ3v) is 3.09. The standard InChI is InChI=1S/C11H16N2S/c1(3-7-13-10-5-6-10)2-4-11-8-12-9-14-11/h1-2,8-10,13H,3-7H2/b2-1+. The van der Waals surface area contributed by atoms with Gasteiger partial charge < -0.3 is 5.32 Å². The van der Waals surface area contributed by atoms with Crippen molar-refractivity contribution in [3.05, 3.63) is 28.7 Å². The zero-order valence-electron chi connectivity index (χ0n) is 8.28. The summed E-state index contributed by atoms with van der Waals surface area (Å²) >= 11 is 1.72. The molecule has 76 valence electrons. The van der Waals surface area contributed by atoms with Crippen LogP contribution in [-0.2, 0) is 6.42 Å². The summed E-state index contributed by atoms with van der Waals surface area (Å²) < 4.78 is 0. The molecule has 14 heavy (non-hydrogen) atoms. The van der Waals surface area contributed by atoms with Gasteiger partial charge in [0.2, 0.25) is 0 Å². The molecule has 0 aromatic carbocycles. The maximum atomic E-state index is 4.04. The maximum Gasteiger partial charge on any atom is 0.0794 e. The second-order valence-electron chi connectivity index (χ2n) is 3.66. The van der Waals surface area contributed by atoms with Crippen LogP contribution in [0.15, 0.2) is 23.9 Å². The maximum absolute atomic E-state index is 4.04. The molecular formula is C11H16N2S. The lowest BCUT2D eigenvalue weighted by Gasteiger charge is -1.96. The summed E-state index contributed by atoms with van der Waals surface area (Å²) in [5, 5.41) is 3.49. The van der Waals surface area contributed by atoms with Gasteiger partial charge in [0.1, 0.15) is 0 Å². The molecular weight excluding hydrogens is 192 g/mol. The van der Waals surface area contributed by atoms with Gasteiger partial charge in [0, 0.05) is 23.5 Å². The Morgan fingerprint density at radius 2 is 2.43 bits per heavy atom. The van der Waals surface area contributed by atoms with Crippen molar-refractivity contribution in [1.82, 2.24) is 10.3 Å². The highest BCUT2D eigenvalue weighted by molar-refractivity contribution is 7.09. The number of allylic oxidation sites excluding steroid dienone is 1. The first-order valence-electron chi connectivity index (χ1n) is 5.21. The van der Waals surface area contributed by atoms with Crippen molar-refractivity contribution in [2.75, 3.05) is 6.54 Å². The third kappa shape index (κ3) is 3.60. The predicted octanol–water partition coefficient (Wildman–Crippen LogP) is 2.38. The van der Waals surface area contributed by atoms with E-state index >= 15 is 0 Å². The van der Waals surface area contributed by atoms with Crippen LogP contribution in [0.5, 0.6) is 0 Å². The highest BCUT2D eigenvalue weighted by Gasteiger charge is 2.19. The van der Waals surface area contributed by atoms with Gasteiger partial charge in [-0.05, 0) is 25.8 Å². The Morgan fingerprint density at radius 1 is 1.50 bits per heavy atom. The first kappa shape index (κ1) is 9.87. The topological polar surface area (TPSA) is 24.9 Å². The smallest absolute Gasteiger partial charge is 0.0794 e. The minimum absolute atomic E-state index is 0.838. The monoisotopic (exact) mass is 208 g/mol. The largest absolute Gasteiger partial charge is 0.314 e. The zero-order valence-corrected chi connectivity index (χ0v) is 9.09. The van der Waals surface area contributed by atoms with Crippen LogP contribution in [0.1, 0.15) is 24.1 Å². The lowest BCUT2D eigenvalue weighted by Crippen LogP contribution is -2.16. The van der Waals surface area contributed by atoms with Crippen LogP contribution in [0.25, 0.3) is 0 Å². The van der Waals surface area contributed by atoms with E-state index in [1.807, 2.05) is 11.7 Å². The van der Waals surface area contributed by atoms with Gasteiger partial charge in [-0.1, -0.05) is 12.2 Å². The van der Waals surface area contributed by atoms with Crippen LogP contribution in [0.4, 0.5) is 0 Å². The average molecular weight is 208 g/mol.